The highest BCUT2D eigenvalue weighted by Crippen LogP contribution is 2.13. The number of benzene rings is 1. The normalized spacial score (nSPS) is 11.5. The van der Waals surface area contributed by atoms with Gasteiger partial charge in [0.15, 0.2) is 0 Å². The number of methoxy groups -OCH3 is 1. The molecule has 0 unspecified atom stereocenters. The van der Waals surface area contributed by atoms with Crippen molar-refractivity contribution in [3.63, 3.8) is 0 Å². The number of ether oxygens (including phenoxy) is 1. The van der Waals surface area contributed by atoms with Crippen molar-refractivity contribution in [2.24, 2.45) is 0 Å². The van der Waals surface area contributed by atoms with E-state index < -0.39 is 16.9 Å². The molecule has 1 aromatic rings. The lowest BCUT2D eigenvalue weighted by Gasteiger charge is -2.15. The first kappa shape index (κ1) is 14.6. The van der Waals surface area contributed by atoms with Gasteiger partial charge in [-0.2, -0.15) is 0 Å². The van der Waals surface area contributed by atoms with Gasteiger partial charge in [-0.05, 0) is 5.56 Å². The van der Waals surface area contributed by atoms with Crippen LogP contribution in [0.4, 0.5) is 5.69 Å². The minimum Gasteiger partial charge on any atom is -0.467 e. The van der Waals surface area contributed by atoms with Crippen LogP contribution in [-0.2, 0) is 20.7 Å². The molecule has 0 radical (unpaired) electrons. The van der Waals surface area contributed by atoms with Gasteiger partial charge in [0.25, 0.3) is 5.69 Å². The zero-order valence-corrected chi connectivity index (χ0v) is 10.6. The fraction of sp³-hybridized carbons (Fsp3) is 0.333. The van der Waals surface area contributed by atoms with E-state index in [0.29, 0.717) is 5.56 Å². The highest BCUT2D eigenvalue weighted by Gasteiger charge is 2.20. The van der Waals surface area contributed by atoms with E-state index in [-0.39, 0.29) is 18.0 Å². The van der Waals surface area contributed by atoms with Gasteiger partial charge in [0.05, 0.1) is 12.0 Å². The van der Waals surface area contributed by atoms with E-state index in [2.05, 4.69) is 10.1 Å². The van der Waals surface area contributed by atoms with E-state index >= 15 is 0 Å². The van der Waals surface area contributed by atoms with Gasteiger partial charge in [-0.1, -0.05) is 12.1 Å². The summed E-state index contributed by atoms with van der Waals surface area (Å²) < 4.78 is 4.59. The smallest absolute Gasteiger partial charge is 0.328 e. The molecule has 0 aliphatic carbocycles. The second-order valence-corrected chi connectivity index (χ2v) is 3.90. The SMILES string of the molecule is COC(=O)[C@@H](Cc1ccc([N+](=O)[O-])cc1)NC(C)=O. The summed E-state index contributed by atoms with van der Waals surface area (Å²) in [6, 6.07) is 4.96. The molecule has 1 rings (SSSR count). The third-order valence-corrected chi connectivity index (χ3v) is 2.45. The first-order chi connectivity index (χ1) is 8.93. The van der Waals surface area contributed by atoms with Crippen molar-refractivity contribution in [3.8, 4) is 0 Å². The average molecular weight is 266 g/mol. The molecule has 0 spiro atoms. The summed E-state index contributed by atoms with van der Waals surface area (Å²) in [4.78, 5) is 32.5. The predicted octanol–water partition coefficient (Wildman–Crippen LogP) is 0.815. The standard InChI is InChI=1S/C12H14N2O5/c1-8(15)13-11(12(16)19-2)7-9-3-5-10(6-4-9)14(17)18/h3-6,11H,7H2,1-2H3,(H,13,15)/t11-/m1/s1. The van der Waals surface area contributed by atoms with Crippen LogP contribution >= 0.6 is 0 Å². The Kier molecular flexibility index (Phi) is 4.99. The zero-order chi connectivity index (χ0) is 14.4. The second-order valence-electron chi connectivity index (χ2n) is 3.90. The number of nitro benzene ring substituents is 1. The molecule has 0 bridgehead atoms. The van der Waals surface area contributed by atoms with Crippen molar-refractivity contribution in [2.75, 3.05) is 7.11 Å². The van der Waals surface area contributed by atoms with Gasteiger partial charge in [0.1, 0.15) is 6.04 Å². The van der Waals surface area contributed by atoms with Gasteiger partial charge in [0.2, 0.25) is 5.91 Å². The van der Waals surface area contributed by atoms with E-state index in [1.165, 1.54) is 38.3 Å². The Morgan fingerprint density at radius 3 is 2.37 bits per heavy atom. The lowest BCUT2D eigenvalue weighted by molar-refractivity contribution is -0.384. The molecule has 0 aromatic heterocycles. The quantitative estimate of drug-likeness (QED) is 0.483. The van der Waals surface area contributed by atoms with Gasteiger partial charge in [-0.25, -0.2) is 4.79 Å². The third-order valence-electron chi connectivity index (χ3n) is 2.45. The molecule has 0 heterocycles. The number of nitrogens with zero attached hydrogens (tertiary/aromatic N) is 1. The van der Waals surface area contributed by atoms with Crippen molar-refractivity contribution in [1.29, 1.82) is 0 Å². The number of hydrogen-bond acceptors (Lipinski definition) is 5. The Morgan fingerprint density at radius 2 is 1.95 bits per heavy atom. The van der Waals surface area contributed by atoms with E-state index in [1.54, 1.807) is 0 Å². The lowest BCUT2D eigenvalue weighted by Crippen LogP contribution is -2.41. The Labute approximate surface area is 109 Å². The largest absolute Gasteiger partial charge is 0.467 e. The van der Waals surface area contributed by atoms with Gasteiger partial charge in [0, 0.05) is 25.5 Å². The lowest BCUT2D eigenvalue weighted by atomic mass is 10.1. The molecule has 7 heteroatoms. The number of esters is 1. The Morgan fingerprint density at radius 1 is 1.37 bits per heavy atom. The van der Waals surface area contributed by atoms with E-state index in [4.69, 9.17) is 0 Å². The summed E-state index contributed by atoms with van der Waals surface area (Å²) in [6.45, 7) is 1.30. The van der Waals surface area contributed by atoms with Crippen molar-refractivity contribution < 1.29 is 19.2 Å². The van der Waals surface area contributed by atoms with Crippen LogP contribution in [0, 0.1) is 10.1 Å². The zero-order valence-electron chi connectivity index (χ0n) is 10.6. The Hall–Kier alpha value is -2.44. The molecule has 102 valence electrons. The first-order valence-corrected chi connectivity index (χ1v) is 5.52. The van der Waals surface area contributed by atoms with E-state index in [9.17, 15) is 19.7 Å². The molecule has 1 aromatic carbocycles. The van der Waals surface area contributed by atoms with Crippen LogP contribution in [0.2, 0.25) is 0 Å². The highest BCUT2D eigenvalue weighted by molar-refractivity contribution is 5.83. The summed E-state index contributed by atoms with van der Waals surface area (Å²) >= 11 is 0. The number of nitro groups is 1. The molecule has 1 atom stereocenters. The number of non-ortho nitro benzene ring substituents is 1. The molecule has 7 nitrogen and oxygen atoms in total. The molecule has 19 heavy (non-hydrogen) atoms. The molecule has 0 aliphatic heterocycles. The number of rotatable bonds is 5. The summed E-state index contributed by atoms with van der Waals surface area (Å²) in [5.41, 5.74) is 0.660. The molecule has 0 fully saturated rings. The molecule has 1 N–H and O–H groups in total. The fourth-order valence-electron chi connectivity index (χ4n) is 1.57. The van der Waals surface area contributed by atoms with E-state index in [1.807, 2.05) is 0 Å². The number of carbonyl (C=O) groups is 2. The number of carbonyl (C=O) groups excluding carboxylic acids is 2. The Bertz CT molecular complexity index is 483. The second kappa shape index (κ2) is 6.48. The van der Waals surface area contributed by atoms with Crippen LogP contribution in [0.5, 0.6) is 0 Å². The monoisotopic (exact) mass is 266 g/mol. The summed E-state index contributed by atoms with van der Waals surface area (Å²) in [5.74, 6) is -0.911. The van der Waals surface area contributed by atoms with Gasteiger partial charge < -0.3 is 10.1 Å². The van der Waals surface area contributed by atoms with Crippen molar-refractivity contribution in [3.05, 3.63) is 39.9 Å². The predicted molar refractivity (Wildman–Crippen MR) is 66.4 cm³/mol. The van der Waals surface area contributed by atoms with Crippen LogP contribution in [-0.4, -0.2) is 30.0 Å². The maximum Gasteiger partial charge on any atom is 0.328 e. The van der Waals surface area contributed by atoms with Crippen LogP contribution in [0.25, 0.3) is 0 Å². The van der Waals surface area contributed by atoms with Crippen LogP contribution in [0.15, 0.2) is 24.3 Å². The summed E-state index contributed by atoms with van der Waals surface area (Å²) in [7, 11) is 1.23. The minimum atomic E-state index is -0.802. The summed E-state index contributed by atoms with van der Waals surface area (Å²) in [6.07, 6.45) is 0.213. The van der Waals surface area contributed by atoms with Gasteiger partial charge in [-0.15, -0.1) is 0 Å². The van der Waals surface area contributed by atoms with Gasteiger partial charge in [-0.3, -0.25) is 14.9 Å². The Balaban J connectivity index is 2.81. The van der Waals surface area contributed by atoms with Crippen molar-refractivity contribution >= 4 is 17.6 Å². The van der Waals surface area contributed by atoms with Crippen LogP contribution < -0.4 is 5.32 Å². The third kappa shape index (κ3) is 4.38. The molecule has 0 aliphatic rings. The van der Waals surface area contributed by atoms with Crippen molar-refractivity contribution in [2.45, 2.75) is 19.4 Å². The molecular formula is C12H14N2O5. The topological polar surface area (TPSA) is 98.5 Å². The molecular weight excluding hydrogens is 252 g/mol. The highest BCUT2D eigenvalue weighted by atomic mass is 16.6. The van der Waals surface area contributed by atoms with E-state index in [0.717, 1.165) is 0 Å². The maximum atomic E-state index is 11.5. The molecule has 0 saturated heterocycles. The van der Waals surface area contributed by atoms with Crippen LogP contribution in [0.1, 0.15) is 12.5 Å². The molecule has 0 saturated carbocycles. The van der Waals surface area contributed by atoms with Crippen molar-refractivity contribution in [1.82, 2.24) is 5.32 Å². The van der Waals surface area contributed by atoms with Crippen LogP contribution in [0.3, 0.4) is 0 Å². The number of nitrogens with one attached hydrogen (secondary N) is 1. The van der Waals surface area contributed by atoms with Gasteiger partial charge >= 0.3 is 5.97 Å². The number of hydrogen-bond donors (Lipinski definition) is 1. The minimum absolute atomic E-state index is 0.0297. The summed E-state index contributed by atoms with van der Waals surface area (Å²) in [5, 5.41) is 13.0. The number of amides is 1. The maximum absolute atomic E-state index is 11.5. The average Bonchev–Trinajstić information content (AvgIpc) is 2.37. The fourth-order valence-corrected chi connectivity index (χ4v) is 1.57. The first-order valence-electron chi connectivity index (χ1n) is 5.52. The molecule has 1 amide bonds.